The average molecular weight is 352 g/mol. The van der Waals surface area contributed by atoms with Gasteiger partial charge in [0.25, 0.3) is 5.91 Å². The fourth-order valence-corrected chi connectivity index (χ4v) is 2.19. The van der Waals surface area contributed by atoms with Crippen molar-refractivity contribution in [2.75, 3.05) is 11.9 Å². The summed E-state index contributed by atoms with van der Waals surface area (Å²) >= 11 is 3.32. The van der Waals surface area contributed by atoms with Crippen LogP contribution >= 0.6 is 15.9 Å². The third-order valence-electron chi connectivity index (χ3n) is 2.82. The first-order valence-corrected chi connectivity index (χ1v) is 7.59. The van der Waals surface area contributed by atoms with Crippen LogP contribution in [-0.2, 0) is 6.18 Å². The average Bonchev–Trinajstić information content (AvgIpc) is 2.41. The standard InChI is InChI=1S/C14H17BrF3NO/c15-9-5-1-2-6-10-19-13(20)11-7-3-4-8-12(11)14(16,17)18/h3-4,7-8H,1-2,5-6,9-10H2,(H,19,20). The second-order valence-corrected chi connectivity index (χ2v) is 5.20. The Labute approximate surface area is 124 Å². The molecule has 0 aliphatic heterocycles. The van der Waals surface area contributed by atoms with Gasteiger partial charge < -0.3 is 5.32 Å². The molecule has 1 N–H and O–H groups in total. The summed E-state index contributed by atoms with van der Waals surface area (Å²) in [5.41, 5.74) is -1.21. The van der Waals surface area contributed by atoms with E-state index in [2.05, 4.69) is 21.2 Å². The van der Waals surface area contributed by atoms with Gasteiger partial charge in [0, 0.05) is 11.9 Å². The number of halogens is 4. The largest absolute Gasteiger partial charge is 0.417 e. The van der Waals surface area contributed by atoms with E-state index in [-0.39, 0.29) is 5.56 Å². The molecular formula is C14H17BrF3NO. The highest BCUT2D eigenvalue weighted by atomic mass is 79.9. The van der Waals surface area contributed by atoms with Crippen LogP contribution in [0, 0.1) is 0 Å². The van der Waals surface area contributed by atoms with Crippen molar-refractivity contribution in [3.8, 4) is 0 Å². The number of hydrogen-bond acceptors (Lipinski definition) is 1. The third kappa shape index (κ3) is 5.53. The molecule has 0 radical (unpaired) electrons. The summed E-state index contributed by atoms with van der Waals surface area (Å²) < 4.78 is 38.3. The number of hydrogen-bond donors (Lipinski definition) is 1. The first-order chi connectivity index (χ1) is 9.46. The summed E-state index contributed by atoms with van der Waals surface area (Å²) in [5, 5.41) is 3.48. The second-order valence-electron chi connectivity index (χ2n) is 4.40. The van der Waals surface area contributed by atoms with Crippen molar-refractivity contribution in [3.63, 3.8) is 0 Å². The number of alkyl halides is 4. The Kier molecular flexibility index (Phi) is 7.05. The van der Waals surface area contributed by atoms with Gasteiger partial charge in [-0.25, -0.2) is 0 Å². The number of unbranched alkanes of at least 4 members (excludes halogenated alkanes) is 3. The quantitative estimate of drug-likeness (QED) is 0.572. The van der Waals surface area contributed by atoms with Crippen LogP contribution in [0.25, 0.3) is 0 Å². The summed E-state index contributed by atoms with van der Waals surface area (Å²) in [6, 6.07) is 4.83. The molecule has 1 amide bonds. The zero-order valence-corrected chi connectivity index (χ0v) is 12.6. The van der Waals surface area contributed by atoms with Crippen molar-refractivity contribution >= 4 is 21.8 Å². The normalized spacial score (nSPS) is 11.4. The van der Waals surface area contributed by atoms with Gasteiger partial charge >= 0.3 is 6.18 Å². The van der Waals surface area contributed by atoms with E-state index in [1.54, 1.807) is 0 Å². The molecule has 0 saturated heterocycles. The second kappa shape index (κ2) is 8.29. The van der Waals surface area contributed by atoms with E-state index in [1.165, 1.54) is 18.2 Å². The number of nitrogens with one attached hydrogen (secondary N) is 1. The summed E-state index contributed by atoms with van der Waals surface area (Å²) in [7, 11) is 0. The molecule has 1 aromatic rings. The lowest BCUT2D eigenvalue weighted by atomic mass is 10.1. The number of amides is 1. The summed E-state index contributed by atoms with van der Waals surface area (Å²) in [6.07, 6.45) is -0.686. The van der Waals surface area contributed by atoms with Crippen molar-refractivity contribution in [1.29, 1.82) is 0 Å². The molecule has 1 aromatic carbocycles. The fraction of sp³-hybridized carbons (Fsp3) is 0.500. The molecule has 0 aromatic heterocycles. The number of carbonyl (C=O) groups excluding carboxylic acids is 1. The zero-order chi connectivity index (χ0) is 15.0. The monoisotopic (exact) mass is 351 g/mol. The lowest BCUT2D eigenvalue weighted by molar-refractivity contribution is -0.137. The van der Waals surface area contributed by atoms with E-state index in [4.69, 9.17) is 0 Å². The molecule has 0 saturated carbocycles. The van der Waals surface area contributed by atoms with Crippen LogP contribution in [0.4, 0.5) is 13.2 Å². The Bertz CT molecular complexity index is 435. The van der Waals surface area contributed by atoms with E-state index in [0.29, 0.717) is 6.54 Å². The molecule has 0 spiro atoms. The highest BCUT2D eigenvalue weighted by Crippen LogP contribution is 2.31. The SMILES string of the molecule is O=C(NCCCCCCBr)c1ccccc1C(F)(F)F. The lowest BCUT2D eigenvalue weighted by Gasteiger charge is -2.12. The predicted molar refractivity (Wildman–Crippen MR) is 76.0 cm³/mol. The maximum atomic E-state index is 12.8. The Morgan fingerprint density at radius 1 is 1.10 bits per heavy atom. The predicted octanol–water partition coefficient (Wildman–Crippen LogP) is 4.39. The van der Waals surface area contributed by atoms with Crippen molar-refractivity contribution in [1.82, 2.24) is 5.32 Å². The minimum atomic E-state index is -4.51. The van der Waals surface area contributed by atoms with Crippen molar-refractivity contribution in [2.45, 2.75) is 31.9 Å². The van der Waals surface area contributed by atoms with Crippen molar-refractivity contribution in [3.05, 3.63) is 35.4 Å². The third-order valence-corrected chi connectivity index (χ3v) is 3.38. The number of benzene rings is 1. The van der Waals surface area contributed by atoms with Gasteiger partial charge in [0.15, 0.2) is 0 Å². The van der Waals surface area contributed by atoms with Crippen LogP contribution in [0.1, 0.15) is 41.6 Å². The molecule has 6 heteroatoms. The van der Waals surface area contributed by atoms with Gasteiger partial charge in [-0.3, -0.25) is 4.79 Å². The van der Waals surface area contributed by atoms with Gasteiger partial charge in [0.2, 0.25) is 0 Å². The molecular weight excluding hydrogens is 335 g/mol. The van der Waals surface area contributed by atoms with E-state index in [9.17, 15) is 18.0 Å². The Morgan fingerprint density at radius 3 is 2.40 bits per heavy atom. The minimum absolute atomic E-state index is 0.319. The molecule has 0 bridgehead atoms. The maximum absolute atomic E-state index is 12.8. The van der Waals surface area contributed by atoms with Crippen molar-refractivity contribution in [2.24, 2.45) is 0 Å². The molecule has 1 rings (SSSR count). The Morgan fingerprint density at radius 2 is 1.75 bits per heavy atom. The van der Waals surface area contributed by atoms with Crippen LogP contribution in [0.5, 0.6) is 0 Å². The molecule has 2 nitrogen and oxygen atoms in total. The molecule has 0 unspecified atom stereocenters. The van der Waals surface area contributed by atoms with Crippen LogP contribution in [0.2, 0.25) is 0 Å². The molecule has 112 valence electrons. The van der Waals surface area contributed by atoms with Gasteiger partial charge in [-0.1, -0.05) is 40.9 Å². The molecule has 20 heavy (non-hydrogen) atoms. The lowest BCUT2D eigenvalue weighted by Crippen LogP contribution is -2.27. The molecule has 0 aliphatic carbocycles. The zero-order valence-electron chi connectivity index (χ0n) is 11.0. The van der Waals surface area contributed by atoms with Crippen molar-refractivity contribution < 1.29 is 18.0 Å². The summed E-state index contributed by atoms with van der Waals surface area (Å²) in [4.78, 5) is 11.8. The molecule has 0 fully saturated rings. The Hall–Kier alpha value is -1.04. The van der Waals surface area contributed by atoms with Crippen LogP contribution in [0.15, 0.2) is 24.3 Å². The maximum Gasteiger partial charge on any atom is 0.417 e. The van der Waals surface area contributed by atoms with Gasteiger partial charge in [0.1, 0.15) is 0 Å². The van der Waals surface area contributed by atoms with Gasteiger partial charge in [0.05, 0.1) is 11.1 Å². The van der Waals surface area contributed by atoms with E-state index in [1.807, 2.05) is 0 Å². The first kappa shape index (κ1) is 17.0. The highest BCUT2D eigenvalue weighted by molar-refractivity contribution is 9.09. The molecule has 0 heterocycles. The van der Waals surface area contributed by atoms with Crippen LogP contribution < -0.4 is 5.32 Å². The van der Waals surface area contributed by atoms with E-state index >= 15 is 0 Å². The smallest absolute Gasteiger partial charge is 0.352 e. The molecule has 0 atom stereocenters. The fourth-order valence-electron chi connectivity index (χ4n) is 1.80. The number of carbonyl (C=O) groups is 1. The van der Waals surface area contributed by atoms with Crippen LogP contribution in [0.3, 0.4) is 0 Å². The number of rotatable bonds is 7. The molecule has 0 aliphatic rings. The van der Waals surface area contributed by atoms with Gasteiger partial charge in [-0.05, 0) is 25.0 Å². The van der Waals surface area contributed by atoms with E-state index < -0.39 is 17.6 Å². The first-order valence-electron chi connectivity index (χ1n) is 6.47. The summed E-state index contributed by atoms with van der Waals surface area (Å²) in [5.74, 6) is -0.668. The topological polar surface area (TPSA) is 29.1 Å². The minimum Gasteiger partial charge on any atom is -0.352 e. The van der Waals surface area contributed by atoms with Gasteiger partial charge in [-0.15, -0.1) is 0 Å². The Balaban J connectivity index is 2.52. The van der Waals surface area contributed by atoms with Crippen LogP contribution in [-0.4, -0.2) is 17.8 Å². The highest BCUT2D eigenvalue weighted by Gasteiger charge is 2.34. The summed E-state index contributed by atoms with van der Waals surface area (Å²) in [6.45, 7) is 0.396. The van der Waals surface area contributed by atoms with Gasteiger partial charge in [-0.2, -0.15) is 13.2 Å². The van der Waals surface area contributed by atoms with E-state index in [0.717, 1.165) is 37.1 Å².